The van der Waals surface area contributed by atoms with E-state index in [2.05, 4.69) is 6.92 Å². The van der Waals surface area contributed by atoms with E-state index in [4.69, 9.17) is 14.5 Å². The molecule has 0 radical (unpaired) electrons. The molecule has 140 valence electrons. The highest BCUT2D eigenvalue weighted by Gasteiger charge is 2.15. The van der Waals surface area contributed by atoms with Crippen molar-refractivity contribution in [2.24, 2.45) is 0 Å². The van der Waals surface area contributed by atoms with Gasteiger partial charge in [-0.25, -0.2) is 9.78 Å². The van der Waals surface area contributed by atoms with Gasteiger partial charge in [0.25, 0.3) is 0 Å². The number of aryl methyl sites for hydroxylation is 1. The lowest BCUT2D eigenvalue weighted by Crippen LogP contribution is -2.02. The van der Waals surface area contributed by atoms with E-state index in [-0.39, 0.29) is 5.56 Å². The average molecular weight is 365 g/mol. The first kappa shape index (κ1) is 18.7. The topological polar surface area (TPSA) is 68.7 Å². The molecule has 0 saturated heterocycles. The number of unbranched alkanes of at least 4 members (excludes halogenated alkanes) is 1. The average Bonchev–Trinajstić information content (AvgIpc) is 2.68. The Hall–Kier alpha value is -3.08. The molecule has 0 atom stereocenters. The molecule has 1 N–H and O–H groups in total. The number of para-hydroxylation sites is 1. The molecule has 5 nitrogen and oxygen atoms in total. The van der Waals surface area contributed by atoms with Crippen LogP contribution in [0, 0.1) is 6.92 Å². The normalized spacial score (nSPS) is 10.8. The largest absolute Gasteiger partial charge is 0.493 e. The number of carbonyl (C=O) groups is 1. The number of rotatable bonds is 7. The van der Waals surface area contributed by atoms with Gasteiger partial charge in [-0.2, -0.15) is 0 Å². The highest BCUT2D eigenvalue weighted by molar-refractivity contribution is 6.04. The lowest BCUT2D eigenvalue weighted by molar-refractivity contribution is 0.0699. The molecule has 1 aromatic heterocycles. The highest BCUT2D eigenvalue weighted by atomic mass is 16.5. The molecule has 0 unspecified atom stereocenters. The molecule has 0 aliphatic carbocycles. The predicted molar refractivity (Wildman–Crippen MR) is 106 cm³/mol. The number of fused-ring (bicyclic) bond motifs is 1. The summed E-state index contributed by atoms with van der Waals surface area (Å²) in [6.07, 6.45) is 2.02. The second kappa shape index (κ2) is 8.08. The van der Waals surface area contributed by atoms with Crippen LogP contribution in [0.4, 0.5) is 0 Å². The summed E-state index contributed by atoms with van der Waals surface area (Å²) in [5.41, 5.74) is 3.23. The van der Waals surface area contributed by atoms with Crippen LogP contribution in [0.5, 0.6) is 11.5 Å². The number of benzene rings is 2. The molecule has 27 heavy (non-hydrogen) atoms. The SMILES string of the molecule is CCCCOc1ccc(-c2cc(C(=O)O)c3cccc(C)c3n2)cc1OC. The fourth-order valence-electron chi connectivity index (χ4n) is 2.99. The number of methoxy groups -OCH3 is 1. The fourth-order valence-corrected chi connectivity index (χ4v) is 2.99. The molecule has 0 saturated carbocycles. The lowest BCUT2D eigenvalue weighted by Gasteiger charge is -2.13. The van der Waals surface area contributed by atoms with Gasteiger partial charge in [-0.05, 0) is 43.2 Å². The van der Waals surface area contributed by atoms with E-state index in [0.29, 0.717) is 34.7 Å². The third-order valence-electron chi connectivity index (χ3n) is 4.49. The number of carboxylic acid groups (broad SMARTS) is 1. The Kier molecular flexibility index (Phi) is 5.60. The molecule has 0 spiro atoms. The summed E-state index contributed by atoms with van der Waals surface area (Å²) in [7, 11) is 1.59. The molecular formula is C22H23NO4. The van der Waals surface area contributed by atoms with Crippen LogP contribution in [-0.2, 0) is 0 Å². The predicted octanol–water partition coefficient (Wildman–Crippen LogP) is 5.10. The summed E-state index contributed by atoms with van der Waals surface area (Å²) < 4.78 is 11.2. The van der Waals surface area contributed by atoms with Gasteiger partial charge in [0.15, 0.2) is 11.5 Å². The minimum Gasteiger partial charge on any atom is -0.493 e. The summed E-state index contributed by atoms with van der Waals surface area (Å²) in [5, 5.41) is 10.3. The number of hydrogen-bond acceptors (Lipinski definition) is 4. The van der Waals surface area contributed by atoms with Crippen molar-refractivity contribution in [3.05, 3.63) is 53.6 Å². The summed E-state index contributed by atoms with van der Waals surface area (Å²) >= 11 is 0. The number of aromatic carboxylic acids is 1. The lowest BCUT2D eigenvalue weighted by atomic mass is 10.0. The summed E-state index contributed by atoms with van der Waals surface area (Å²) in [5.74, 6) is 0.304. The molecule has 0 bridgehead atoms. The van der Waals surface area contributed by atoms with Crippen molar-refractivity contribution in [1.82, 2.24) is 4.98 Å². The molecule has 3 rings (SSSR count). The maximum Gasteiger partial charge on any atom is 0.336 e. The molecule has 0 aliphatic rings. The quantitative estimate of drug-likeness (QED) is 0.590. The van der Waals surface area contributed by atoms with Crippen LogP contribution in [0.2, 0.25) is 0 Å². The number of carboxylic acids is 1. The number of pyridine rings is 1. The highest BCUT2D eigenvalue weighted by Crippen LogP contribution is 2.34. The van der Waals surface area contributed by atoms with Gasteiger partial charge in [-0.1, -0.05) is 31.5 Å². The smallest absolute Gasteiger partial charge is 0.336 e. The molecular weight excluding hydrogens is 342 g/mol. The maximum absolute atomic E-state index is 11.8. The third-order valence-corrected chi connectivity index (χ3v) is 4.49. The first-order chi connectivity index (χ1) is 13.0. The molecule has 0 aliphatic heterocycles. The van der Waals surface area contributed by atoms with Crippen LogP contribution >= 0.6 is 0 Å². The second-order valence-electron chi connectivity index (χ2n) is 6.40. The molecule has 0 fully saturated rings. The van der Waals surface area contributed by atoms with Crippen LogP contribution in [0.15, 0.2) is 42.5 Å². The van der Waals surface area contributed by atoms with Gasteiger partial charge in [0.1, 0.15) is 0 Å². The van der Waals surface area contributed by atoms with E-state index in [1.54, 1.807) is 19.2 Å². The van der Waals surface area contributed by atoms with Crippen LogP contribution in [0.3, 0.4) is 0 Å². The Morgan fingerprint density at radius 3 is 2.67 bits per heavy atom. The molecule has 0 amide bonds. The minimum atomic E-state index is -0.972. The number of hydrogen-bond donors (Lipinski definition) is 1. The molecule has 3 aromatic rings. The summed E-state index contributed by atoms with van der Waals surface area (Å²) in [6, 6.07) is 12.7. The monoisotopic (exact) mass is 365 g/mol. The van der Waals surface area contributed by atoms with Crippen LogP contribution in [0.25, 0.3) is 22.2 Å². The van der Waals surface area contributed by atoms with Gasteiger partial charge >= 0.3 is 5.97 Å². The standard InChI is InChI=1S/C22H23NO4/c1-4-5-11-27-19-10-9-15(12-20(19)26-3)18-13-17(22(24)25)16-8-6-7-14(2)21(16)23-18/h6-10,12-13H,4-5,11H2,1-3H3,(H,24,25). The van der Waals surface area contributed by atoms with Crippen molar-refractivity contribution < 1.29 is 19.4 Å². The van der Waals surface area contributed by atoms with E-state index in [9.17, 15) is 9.90 Å². The third kappa shape index (κ3) is 3.87. The van der Waals surface area contributed by atoms with Crippen molar-refractivity contribution in [2.75, 3.05) is 13.7 Å². The van der Waals surface area contributed by atoms with Crippen molar-refractivity contribution in [2.45, 2.75) is 26.7 Å². The van der Waals surface area contributed by atoms with Crippen molar-refractivity contribution in [3.8, 4) is 22.8 Å². The van der Waals surface area contributed by atoms with Crippen LogP contribution in [0.1, 0.15) is 35.7 Å². The zero-order chi connectivity index (χ0) is 19.4. The van der Waals surface area contributed by atoms with E-state index in [0.717, 1.165) is 24.0 Å². The Morgan fingerprint density at radius 1 is 1.15 bits per heavy atom. The zero-order valence-corrected chi connectivity index (χ0v) is 15.8. The first-order valence-electron chi connectivity index (χ1n) is 9.00. The van der Waals surface area contributed by atoms with Gasteiger partial charge in [0.2, 0.25) is 0 Å². The first-order valence-corrected chi connectivity index (χ1v) is 9.00. The fraction of sp³-hybridized carbons (Fsp3) is 0.273. The maximum atomic E-state index is 11.8. The van der Waals surface area contributed by atoms with E-state index in [1.807, 2.05) is 37.3 Å². The van der Waals surface area contributed by atoms with E-state index in [1.165, 1.54) is 0 Å². The van der Waals surface area contributed by atoms with Crippen molar-refractivity contribution >= 4 is 16.9 Å². The van der Waals surface area contributed by atoms with Crippen LogP contribution < -0.4 is 9.47 Å². The molecule has 1 heterocycles. The van der Waals surface area contributed by atoms with E-state index < -0.39 is 5.97 Å². The van der Waals surface area contributed by atoms with Gasteiger partial charge in [0, 0.05) is 10.9 Å². The van der Waals surface area contributed by atoms with Gasteiger partial charge < -0.3 is 14.6 Å². The van der Waals surface area contributed by atoms with Gasteiger partial charge in [0.05, 0.1) is 30.5 Å². The summed E-state index contributed by atoms with van der Waals surface area (Å²) in [6.45, 7) is 4.66. The minimum absolute atomic E-state index is 0.237. The van der Waals surface area contributed by atoms with Gasteiger partial charge in [-0.15, -0.1) is 0 Å². The Labute approximate surface area is 158 Å². The van der Waals surface area contributed by atoms with Crippen LogP contribution in [-0.4, -0.2) is 29.8 Å². The second-order valence-corrected chi connectivity index (χ2v) is 6.40. The van der Waals surface area contributed by atoms with E-state index >= 15 is 0 Å². The Bertz CT molecular complexity index is 981. The van der Waals surface area contributed by atoms with Gasteiger partial charge in [-0.3, -0.25) is 0 Å². The Balaban J connectivity index is 2.09. The number of ether oxygens (including phenoxy) is 2. The van der Waals surface area contributed by atoms with Crippen molar-refractivity contribution in [1.29, 1.82) is 0 Å². The Morgan fingerprint density at radius 2 is 1.96 bits per heavy atom. The number of nitrogens with zero attached hydrogens (tertiary/aromatic N) is 1. The zero-order valence-electron chi connectivity index (χ0n) is 15.8. The van der Waals surface area contributed by atoms with Crippen molar-refractivity contribution in [3.63, 3.8) is 0 Å². The molecule has 2 aromatic carbocycles. The molecule has 5 heteroatoms. The summed E-state index contributed by atoms with van der Waals surface area (Å²) in [4.78, 5) is 16.5. The number of aromatic nitrogens is 1.